The first-order chi connectivity index (χ1) is 10.2. The quantitative estimate of drug-likeness (QED) is 0.688. The number of benzene rings is 1. The molecule has 10 heteroatoms. The number of alkyl halides is 3. The fourth-order valence-corrected chi connectivity index (χ4v) is 1.92. The normalized spacial score (nSPS) is 11.5. The number of hydrogen-bond donors (Lipinski definition) is 1. The zero-order valence-corrected chi connectivity index (χ0v) is 11.3. The maximum absolute atomic E-state index is 13.2. The Balaban J connectivity index is 2.94. The molecule has 0 saturated carbocycles. The Kier molecular flexibility index (Phi) is 3.69. The minimum absolute atomic E-state index is 0.229. The van der Waals surface area contributed by atoms with Crippen molar-refractivity contribution in [2.24, 2.45) is 0 Å². The summed E-state index contributed by atoms with van der Waals surface area (Å²) in [5.74, 6) is -2.17. The monoisotopic (exact) mass is 318 g/mol. The Labute approximate surface area is 121 Å². The summed E-state index contributed by atoms with van der Waals surface area (Å²) in [4.78, 5) is 9.99. The first-order valence-corrected chi connectivity index (χ1v) is 5.76. The van der Waals surface area contributed by atoms with Gasteiger partial charge in [0.2, 0.25) is 5.75 Å². The molecule has 1 N–H and O–H groups in total. The lowest BCUT2D eigenvalue weighted by Crippen LogP contribution is -2.10. The van der Waals surface area contributed by atoms with E-state index in [1.165, 1.54) is 6.92 Å². The van der Waals surface area contributed by atoms with Crippen molar-refractivity contribution >= 4 is 5.69 Å². The zero-order chi connectivity index (χ0) is 16.7. The first-order valence-electron chi connectivity index (χ1n) is 5.76. The molecule has 1 aromatic heterocycles. The molecule has 0 atom stereocenters. The van der Waals surface area contributed by atoms with Gasteiger partial charge in [-0.25, -0.2) is 0 Å². The fourth-order valence-electron chi connectivity index (χ4n) is 1.92. The lowest BCUT2D eigenvalue weighted by atomic mass is 10.0. The molecule has 2 aromatic rings. The van der Waals surface area contributed by atoms with Gasteiger partial charge in [-0.3, -0.25) is 10.1 Å². The zero-order valence-electron chi connectivity index (χ0n) is 11.3. The molecule has 118 valence electrons. The van der Waals surface area contributed by atoms with E-state index in [1.54, 1.807) is 0 Å². The summed E-state index contributed by atoms with van der Waals surface area (Å²) >= 11 is 0. The van der Waals surface area contributed by atoms with Crippen LogP contribution >= 0.6 is 0 Å². The van der Waals surface area contributed by atoms with Crippen molar-refractivity contribution in [2.75, 3.05) is 7.11 Å². The van der Waals surface area contributed by atoms with E-state index in [2.05, 4.69) is 9.89 Å². The van der Waals surface area contributed by atoms with Crippen LogP contribution < -0.4 is 4.74 Å². The van der Waals surface area contributed by atoms with Crippen LogP contribution in [0.25, 0.3) is 11.3 Å². The molecule has 0 aliphatic rings. The van der Waals surface area contributed by atoms with Crippen LogP contribution in [0.5, 0.6) is 11.5 Å². The van der Waals surface area contributed by atoms with Gasteiger partial charge in [0.25, 0.3) is 0 Å². The number of methoxy groups -OCH3 is 1. The number of aromatic hydroxyl groups is 1. The van der Waals surface area contributed by atoms with Crippen molar-refractivity contribution in [1.29, 1.82) is 0 Å². The second-order valence-electron chi connectivity index (χ2n) is 4.29. The lowest BCUT2D eigenvalue weighted by molar-refractivity contribution is -0.385. The number of phenols is 1. The number of halogens is 3. The number of hydrogen-bond acceptors (Lipinski definition) is 6. The Morgan fingerprint density at radius 2 is 2.05 bits per heavy atom. The second kappa shape index (κ2) is 5.20. The van der Waals surface area contributed by atoms with Crippen LogP contribution in [0.15, 0.2) is 16.7 Å². The van der Waals surface area contributed by atoms with Crippen molar-refractivity contribution in [3.8, 4) is 22.8 Å². The molecule has 0 unspecified atom stereocenters. The molecule has 0 aliphatic heterocycles. The van der Waals surface area contributed by atoms with Crippen molar-refractivity contribution in [2.45, 2.75) is 13.1 Å². The summed E-state index contributed by atoms with van der Waals surface area (Å²) < 4.78 is 48.9. The van der Waals surface area contributed by atoms with Gasteiger partial charge in [0.15, 0.2) is 11.5 Å². The van der Waals surface area contributed by atoms with Gasteiger partial charge in [-0.2, -0.15) is 13.2 Å². The molecule has 0 aliphatic carbocycles. The number of ether oxygens (including phenoxy) is 1. The van der Waals surface area contributed by atoms with Gasteiger partial charge < -0.3 is 14.4 Å². The summed E-state index contributed by atoms with van der Waals surface area (Å²) in [6.07, 6.45) is -4.93. The molecule has 1 heterocycles. The van der Waals surface area contributed by atoms with Gasteiger partial charge in [-0.1, -0.05) is 5.16 Å². The maximum atomic E-state index is 13.2. The second-order valence-corrected chi connectivity index (χ2v) is 4.29. The number of aryl methyl sites for hydroxylation is 1. The molecule has 2 rings (SSSR count). The van der Waals surface area contributed by atoms with Gasteiger partial charge in [-0.05, 0) is 13.0 Å². The van der Waals surface area contributed by atoms with Crippen LogP contribution in [0.4, 0.5) is 18.9 Å². The first kappa shape index (κ1) is 15.6. The summed E-state index contributed by atoms with van der Waals surface area (Å²) in [5.41, 5.74) is -3.21. The molecule has 0 spiro atoms. The molecule has 0 bridgehead atoms. The minimum Gasteiger partial charge on any atom is -0.499 e. The third-order valence-corrected chi connectivity index (χ3v) is 2.82. The Bertz CT molecular complexity index is 739. The molecule has 7 nitrogen and oxygen atoms in total. The van der Waals surface area contributed by atoms with Crippen LogP contribution in [0.1, 0.15) is 11.3 Å². The lowest BCUT2D eigenvalue weighted by Gasteiger charge is -2.14. The van der Waals surface area contributed by atoms with E-state index >= 15 is 0 Å². The van der Waals surface area contributed by atoms with Gasteiger partial charge in [0.05, 0.1) is 23.3 Å². The van der Waals surface area contributed by atoms with Crippen LogP contribution in [0.2, 0.25) is 0 Å². The molecule has 1 aromatic carbocycles. The Morgan fingerprint density at radius 3 is 2.45 bits per heavy atom. The Morgan fingerprint density at radius 1 is 1.41 bits per heavy atom. The van der Waals surface area contributed by atoms with Gasteiger partial charge in [0.1, 0.15) is 5.56 Å². The molecule has 0 amide bonds. The van der Waals surface area contributed by atoms with E-state index in [-0.39, 0.29) is 5.69 Å². The SMILES string of the molecule is COc1cc(C(F)(F)F)c(-c2cc(C)no2)c([N+](=O)[O-])c1O. The molecule has 0 radical (unpaired) electrons. The third-order valence-electron chi connectivity index (χ3n) is 2.82. The topological polar surface area (TPSA) is 98.6 Å². The van der Waals surface area contributed by atoms with E-state index in [0.717, 1.165) is 13.2 Å². The largest absolute Gasteiger partial charge is 0.499 e. The average Bonchev–Trinajstić information content (AvgIpc) is 2.82. The van der Waals surface area contributed by atoms with Crippen LogP contribution in [-0.4, -0.2) is 22.3 Å². The summed E-state index contributed by atoms with van der Waals surface area (Å²) in [5, 5.41) is 24.3. The molecule has 22 heavy (non-hydrogen) atoms. The summed E-state index contributed by atoms with van der Waals surface area (Å²) in [6.45, 7) is 1.44. The van der Waals surface area contributed by atoms with Crippen molar-refractivity contribution in [1.82, 2.24) is 5.16 Å². The van der Waals surface area contributed by atoms with Crippen molar-refractivity contribution < 1.29 is 32.5 Å². The highest BCUT2D eigenvalue weighted by atomic mass is 19.4. The van der Waals surface area contributed by atoms with E-state index in [0.29, 0.717) is 6.07 Å². The predicted molar refractivity (Wildman–Crippen MR) is 66.5 cm³/mol. The highest BCUT2D eigenvalue weighted by Crippen LogP contribution is 2.50. The van der Waals surface area contributed by atoms with Crippen LogP contribution in [0, 0.1) is 17.0 Å². The molecule has 0 fully saturated rings. The number of rotatable bonds is 3. The average molecular weight is 318 g/mol. The number of nitro benzene ring substituents is 1. The van der Waals surface area contributed by atoms with E-state index in [4.69, 9.17) is 4.52 Å². The van der Waals surface area contributed by atoms with Crippen molar-refractivity contribution in [3.05, 3.63) is 33.5 Å². The van der Waals surface area contributed by atoms with Gasteiger partial charge in [0, 0.05) is 6.07 Å². The fraction of sp³-hybridized carbons (Fsp3) is 0.250. The smallest absolute Gasteiger partial charge is 0.417 e. The van der Waals surface area contributed by atoms with Crippen LogP contribution in [0.3, 0.4) is 0 Å². The van der Waals surface area contributed by atoms with E-state index in [1.807, 2.05) is 0 Å². The van der Waals surface area contributed by atoms with Crippen molar-refractivity contribution in [3.63, 3.8) is 0 Å². The molecular formula is C12H9F3N2O5. The van der Waals surface area contributed by atoms with E-state index in [9.17, 15) is 28.4 Å². The number of nitro groups is 1. The predicted octanol–water partition coefficient (Wildman–Crippen LogP) is 3.29. The summed E-state index contributed by atoms with van der Waals surface area (Å²) in [7, 11) is 0.983. The number of phenolic OH excluding ortho intramolecular Hbond substituents is 1. The van der Waals surface area contributed by atoms with Gasteiger partial charge in [-0.15, -0.1) is 0 Å². The highest BCUT2D eigenvalue weighted by Gasteiger charge is 2.42. The minimum atomic E-state index is -4.93. The molecule has 0 saturated heterocycles. The van der Waals surface area contributed by atoms with Crippen LogP contribution in [-0.2, 0) is 6.18 Å². The number of aromatic nitrogens is 1. The molecular weight excluding hydrogens is 309 g/mol. The standard InChI is InChI=1S/C12H9F3N2O5/c1-5-3-7(22-16-5)9-6(12(13,14)15)4-8(21-2)11(18)10(9)17(19)20/h3-4,18H,1-2H3. The third kappa shape index (κ3) is 2.54. The Hall–Kier alpha value is -2.78. The number of nitrogens with zero attached hydrogens (tertiary/aromatic N) is 2. The maximum Gasteiger partial charge on any atom is 0.417 e. The summed E-state index contributed by atoms with van der Waals surface area (Å²) in [6, 6.07) is 1.57. The highest BCUT2D eigenvalue weighted by molar-refractivity contribution is 5.80. The van der Waals surface area contributed by atoms with E-state index < -0.39 is 45.2 Å². The van der Waals surface area contributed by atoms with Gasteiger partial charge >= 0.3 is 11.9 Å².